The third-order valence-corrected chi connectivity index (χ3v) is 2.73. The van der Waals surface area contributed by atoms with Crippen LogP contribution in [0, 0.1) is 0 Å². The molecule has 0 radical (unpaired) electrons. The summed E-state index contributed by atoms with van der Waals surface area (Å²) in [6, 6.07) is 7.95. The topological polar surface area (TPSA) is 41.6 Å². The Bertz CT molecular complexity index is 403. The van der Waals surface area contributed by atoms with E-state index in [-0.39, 0.29) is 12.1 Å². The Hall–Kier alpha value is -1.55. The summed E-state index contributed by atoms with van der Waals surface area (Å²) in [5.41, 5.74) is 1.12. The van der Waals surface area contributed by atoms with Gasteiger partial charge in [-0.15, -0.1) is 0 Å². The van der Waals surface area contributed by atoms with E-state index in [1.807, 2.05) is 46.1 Å². The molecule has 1 rings (SSSR count). The van der Waals surface area contributed by atoms with Crippen LogP contribution in [0.3, 0.4) is 0 Å². The van der Waals surface area contributed by atoms with Gasteiger partial charge in [0.05, 0.1) is 0 Å². The summed E-state index contributed by atoms with van der Waals surface area (Å²) in [6.07, 6.45) is -0.417. The zero-order valence-corrected chi connectivity index (χ0v) is 11.7. The van der Waals surface area contributed by atoms with Crippen LogP contribution in [0.15, 0.2) is 24.3 Å². The van der Waals surface area contributed by atoms with Gasteiger partial charge in [0.1, 0.15) is 5.75 Å². The minimum Gasteiger partial charge on any atom is -0.410 e. The van der Waals surface area contributed by atoms with Crippen molar-refractivity contribution in [1.29, 1.82) is 0 Å². The van der Waals surface area contributed by atoms with Crippen molar-refractivity contribution in [2.75, 3.05) is 14.1 Å². The third-order valence-electron chi connectivity index (χ3n) is 2.73. The van der Waals surface area contributed by atoms with Crippen molar-refractivity contribution in [2.45, 2.75) is 32.9 Å². The van der Waals surface area contributed by atoms with Crippen LogP contribution in [-0.4, -0.2) is 31.1 Å². The number of carbonyl (C=O) groups excluding carboxylic acids is 1. The maximum atomic E-state index is 11.5. The molecule has 0 heterocycles. The molecule has 0 fully saturated rings. The monoisotopic (exact) mass is 250 g/mol. The number of hydrogen-bond donors (Lipinski definition) is 1. The smallest absolute Gasteiger partial charge is 0.410 e. The van der Waals surface area contributed by atoms with E-state index in [9.17, 15) is 4.79 Å². The van der Waals surface area contributed by atoms with Gasteiger partial charge in [0.25, 0.3) is 0 Å². The molecule has 0 spiro atoms. The Morgan fingerprint density at radius 2 is 1.94 bits per heavy atom. The molecule has 1 aromatic rings. The highest BCUT2D eigenvalue weighted by Gasteiger charge is 2.10. The summed E-state index contributed by atoms with van der Waals surface area (Å²) in [6.45, 7) is 5.89. The van der Waals surface area contributed by atoms with Crippen molar-refractivity contribution in [3.63, 3.8) is 0 Å². The Labute approximate surface area is 109 Å². The number of nitrogens with one attached hydrogen (secondary N) is 1. The summed E-state index contributed by atoms with van der Waals surface area (Å²) in [5, 5.41) is 2.69. The first-order valence-electron chi connectivity index (χ1n) is 6.15. The number of amides is 1. The fourth-order valence-corrected chi connectivity index (χ4v) is 1.51. The summed E-state index contributed by atoms with van der Waals surface area (Å²) < 4.78 is 5.23. The Balaban J connectivity index is 2.73. The van der Waals surface area contributed by atoms with Gasteiger partial charge in [-0.1, -0.05) is 12.1 Å². The second kappa shape index (κ2) is 6.40. The third kappa shape index (κ3) is 4.37. The lowest BCUT2D eigenvalue weighted by Gasteiger charge is -2.20. The van der Waals surface area contributed by atoms with Gasteiger partial charge in [-0.05, 0) is 52.6 Å². The minimum atomic E-state index is -0.417. The zero-order valence-electron chi connectivity index (χ0n) is 11.7. The van der Waals surface area contributed by atoms with Crippen LogP contribution in [0.1, 0.15) is 32.4 Å². The first-order chi connectivity index (χ1) is 8.40. The van der Waals surface area contributed by atoms with Crippen molar-refractivity contribution in [1.82, 2.24) is 10.2 Å². The molecule has 0 saturated carbocycles. The fraction of sp³-hybridized carbons (Fsp3) is 0.500. The van der Waals surface area contributed by atoms with Gasteiger partial charge in [0.2, 0.25) is 0 Å². The lowest BCUT2D eigenvalue weighted by Crippen LogP contribution is -2.32. The predicted octanol–water partition coefficient (Wildman–Crippen LogP) is 2.81. The number of hydrogen-bond acceptors (Lipinski definition) is 3. The van der Waals surface area contributed by atoms with Gasteiger partial charge in [-0.25, -0.2) is 4.79 Å². The van der Waals surface area contributed by atoms with E-state index in [0.29, 0.717) is 5.75 Å². The summed E-state index contributed by atoms with van der Waals surface area (Å²) >= 11 is 0. The molecule has 4 nitrogen and oxygen atoms in total. The molecule has 0 aliphatic rings. The highest BCUT2D eigenvalue weighted by atomic mass is 16.6. The molecular weight excluding hydrogens is 228 g/mol. The van der Waals surface area contributed by atoms with Crippen LogP contribution in [-0.2, 0) is 0 Å². The van der Waals surface area contributed by atoms with Crippen molar-refractivity contribution >= 4 is 6.09 Å². The van der Waals surface area contributed by atoms with Gasteiger partial charge in [0.15, 0.2) is 0 Å². The highest BCUT2D eigenvalue weighted by Crippen LogP contribution is 2.22. The summed E-state index contributed by atoms with van der Waals surface area (Å²) in [4.78, 5) is 13.6. The minimum absolute atomic E-state index is 0.0707. The van der Waals surface area contributed by atoms with Gasteiger partial charge < -0.3 is 15.0 Å². The predicted molar refractivity (Wildman–Crippen MR) is 72.8 cm³/mol. The molecule has 100 valence electrons. The van der Waals surface area contributed by atoms with E-state index in [1.165, 1.54) is 0 Å². The maximum Gasteiger partial charge on any atom is 0.412 e. The number of carbonyl (C=O) groups is 1. The number of benzene rings is 1. The van der Waals surface area contributed by atoms with Crippen molar-refractivity contribution in [3.8, 4) is 5.75 Å². The van der Waals surface area contributed by atoms with E-state index in [1.54, 1.807) is 6.07 Å². The zero-order chi connectivity index (χ0) is 13.7. The van der Waals surface area contributed by atoms with E-state index in [0.717, 1.165) is 5.56 Å². The number of nitrogens with zero attached hydrogens (tertiary/aromatic N) is 1. The van der Waals surface area contributed by atoms with Crippen LogP contribution in [0.5, 0.6) is 5.75 Å². The summed E-state index contributed by atoms with van der Waals surface area (Å²) in [5.74, 6) is 0.569. The molecule has 0 saturated heterocycles. The molecule has 1 amide bonds. The molecule has 1 aromatic carbocycles. The second-order valence-corrected chi connectivity index (χ2v) is 4.90. The first-order valence-corrected chi connectivity index (χ1v) is 6.15. The number of rotatable bonds is 4. The molecule has 0 aliphatic carbocycles. The van der Waals surface area contributed by atoms with Crippen LogP contribution in [0.25, 0.3) is 0 Å². The fourth-order valence-electron chi connectivity index (χ4n) is 1.51. The second-order valence-electron chi connectivity index (χ2n) is 4.90. The standard InChI is InChI=1S/C14H22N2O2/c1-10(2)15-14(17)18-13-8-6-7-12(9-13)11(3)16(4)5/h6-11H,1-5H3,(H,15,17)/t11-/m0/s1. The normalized spacial score (nSPS) is 12.6. The van der Waals surface area contributed by atoms with E-state index in [4.69, 9.17) is 4.74 Å². The van der Waals surface area contributed by atoms with Crippen molar-refractivity contribution in [2.24, 2.45) is 0 Å². The molecule has 1 N–H and O–H groups in total. The highest BCUT2D eigenvalue weighted by molar-refractivity contribution is 5.70. The molecular formula is C14H22N2O2. The quantitative estimate of drug-likeness (QED) is 0.893. The van der Waals surface area contributed by atoms with E-state index < -0.39 is 6.09 Å². The van der Waals surface area contributed by atoms with Crippen LogP contribution in [0.4, 0.5) is 4.79 Å². The lowest BCUT2D eigenvalue weighted by molar-refractivity contribution is 0.197. The molecule has 1 atom stereocenters. The maximum absolute atomic E-state index is 11.5. The van der Waals surface area contributed by atoms with Gasteiger partial charge >= 0.3 is 6.09 Å². The molecule has 0 aliphatic heterocycles. The lowest BCUT2D eigenvalue weighted by atomic mass is 10.1. The molecule has 4 heteroatoms. The Kier molecular flexibility index (Phi) is 5.16. The Morgan fingerprint density at radius 1 is 1.28 bits per heavy atom. The molecule has 18 heavy (non-hydrogen) atoms. The van der Waals surface area contributed by atoms with Crippen molar-refractivity contribution in [3.05, 3.63) is 29.8 Å². The summed E-state index contributed by atoms with van der Waals surface area (Å²) in [7, 11) is 4.04. The van der Waals surface area contributed by atoms with Gasteiger partial charge in [0, 0.05) is 12.1 Å². The molecule has 0 bridgehead atoms. The van der Waals surface area contributed by atoms with Crippen LogP contribution < -0.4 is 10.1 Å². The SMILES string of the molecule is CC(C)NC(=O)Oc1cccc([C@H](C)N(C)C)c1. The Morgan fingerprint density at radius 3 is 2.50 bits per heavy atom. The van der Waals surface area contributed by atoms with E-state index in [2.05, 4.69) is 17.1 Å². The van der Waals surface area contributed by atoms with E-state index >= 15 is 0 Å². The average molecular weight is 250 g/mol. The largest absolute Gasteiger partial charge is 0.412 e. The van der Waals surface area contributed by atoms with Gasteiger partial charge in [-0.2, -0.15) is 0 Å². The van der Waals surface area contributed by atoms with Crippen LogP contribution >= 0.6 is 0 Å². The van der Waals surface area contributed by atoms with Gasteiger partial charge in [-0.3, -0.25) is 0 Å². The van der Waals surface area contributed by atoms with Crippen molar-refractivity contribution < 1.29 is 9.53 Å². The molecule has 0 aromatic heterocycles. The first kappa shape index (κ1) is 14.5. The average Bonchev–Trinajstić information content (AvgIpc) is 2.26. The number of ether oxygens (including phenoxy) is 1. The van der Waals surface area contributed by atoms with Crippen LogP contribution in [0.2, 0.25) is 0 Å². The molecule has 0 unspecified atom stereocenters.